The minimum atomic E-state index is 0.0729. The van der Waals surface area contributed by atoms with Gasteiger partial charge in [-0.15, -0.1) is 0 Å². The summed E-state index contributed by atoms with van der Waals surface area (Å²) in [6.45, 7) is 8.87. The number of hydrogen-bond acceptors (Lipinski definition) is 5. The SMILES string of the molecule is Cc1noc(C)c1CN1CCC2(CC1)C[C@@H](OCC1CC1)CO2. The first-order chi connectivity index (χ1) is 11.1. The molecular weight excluding hydrogens is 292 g/mol. The highest BCUT2D eigenvalue weighted by molar-refractivity contribution is 5.20. The van der Waals surface area contributed by atoms with E-state index in [0.29, 0.717) is 6.10 Å². The molecule has 0 unspecified atom stereocenters. The molecule has 128 valence electrons. The summed E-state index contributed by atoms with van der Waals surface area (Å²) in [4.78, 5) is 2.50. The Balaban J connectivity index is 1.27. The minimum Gasteiger partial charge on any atom is -0.375 e. The second kappa shape index (κ2) is 6.19. The molecule has 0 radical (unpaired) electrons. The fourth-order valence-corrected chi connectivity index (χ4v) is 3.88. The van der Waals surface area contributed by atoms with Crippen molar-refractivity contribution in [2.45, 2.75) is 64.2 Å². The van der Waals surface area contributed by atoms with Crippen molar-refractivity contribution in [3.63, 3.8) is 0 Å². The predicted octanol–water partition coefficient (Wildman–Crippen LogP) is 2.84. The van der Waals surface area contributed by atoms with Gasteiger partial charge in [0.25, 0.3) is 0 Å². The molecule has 5 heteroatoms. The molecule has 2 aliphatic heterocycles. The largest absolute Gasteiger partial charge is 0.375 e. The van der Waals surface area contributed by atoms with Gasteiger partial charge < -0.3 is 14.0 Å². The lowest BCUT2D eigenvalue weighted by molar-refractivity contribution is -0.0467. The van der Waals surface area contributed by atoms with Crippen molar-refractivity contribution in [2.75, 3.05) is 26.3 Å². The summed E-state index contributed by atoms with van der Waals surface area (Å²) in [6, 6.07) is 0. The Morgan fingerprint density at radius 2 is 2.04 bits per heavy atom. The number of piperidine rings is 1. The van der Waals surface area contributed by atoms with Crippen molar-refractivity contribution >= 4 is 0 Å². The van der Waals surface area contributed by atoms with Crippen molar-refractivity contribution in [1.82, 2.24) is 10.1 Å². The third-order valence-corrected chi connectivity index (χ3v) is 5.77. The van der Waals surface area contributed by atoms with Gasteiger partial charge >= 0.3 is 0 Å². The molecule has 0 aromatic carbocycles. The Morgan fingerprint density at radius 1 is 1.26 bits per heavy atom. The topological polar surface area (TPSA) is 47.7 Å². The first-order valence-electron chi connectivity index (χ1n) is 9.03. The number of aryl methyl sites for hydroxylation is 2. The molecule has 5 nitrogen and oxygen atoms in total. The van der Waals surface area contributed by atoms with Crippen LogP contribution in [0.2, 0.25) is 0 Å². The van der Waals surface area contributed by atoms with E-state index in [9.17, 15) is 0 Å². The fourth-order valence-electron chi connectivity index (χ4n) is 3.88. The zero-order valence-corrected chi connectivity index (χ0v) is 14.3. The second-order valence-corrected chi connectivity index (χ2v) is 7.68. The maximum atomic E-state index is 6.20. The van der Waals surface area contributed by atoms with E-state index in [0.717, 1.165) is 69.5 Å². The number of hydrogen-bond donors (Lipinski definition) is 0. The van der Waals surface area contributed by atoms with E-state index in [4.69, 9.17) is 14.0 Å². The van der Waals surface area contributed by atoms with Crippen LogP contribution in [-0.2, 0) is 16.0 Å². The van der Waals surface area contributed by atoms with E-state index in [1.165, 1.54) is 18.4 Å². The third kappa shape index (κ3) is 3.47. The van der Waals surface area contributed by atoms with E-state index in [1.807, 2.05) is 13.8 Å². The molecule has 2 saturated heterocycles. The Bertz CT molecular complexity index is 525. The highest BCUT2D eigenvalue weighted by Gasteiger charge is 2.43. The van der Waals surface area contributed by atoms with Crippen molar-refractivity contribution in [3.05, 3.63) is 17.0 Å². The number of likely N-dealkylation sites (tertiary alicyclic amines) is 1. The van der Waals surface area contributed by atoms with Gasteiger partial charge in [-0.2, -0.15) is 0 Å². The van der Waals surface area contributed by atoms with Gasteiger partial charge in [-0.3, -0.25) is 4.90 Å². The smallest absolute Gasteiger partial charge is 0.138 e. The van der Waals surface area contributed by atoms with Crippen LogP contribution in [0.3, 0.4) is 0 Å². The molecule has 0 bridgehead atoms. The predicted molar refractivity (Wildman–Crippen MR) is 86.3 cm³/mol. The van der Waals surface area contributed by atoms with Gasteiger partial charge in [0.15, 0.2) is 0 Å². The van der Waals surface area contributed by atoms with Crippen LogP contribution < -0.4 is 0 Å². The average molecular weight is 320 g/mol. The second-order valence-electron chi connectivity index (χ2n) is 7.68. The summed E-state index contributed by atoms with van der Waals surface area (Å²) in [5, 5.41) is 4.06. The van der Waals surface area contributed by atoms with Gasteiger partial charge in [0, 0.05) is 38.2 Å². The molecule has 23 heavy (non-hydrogen) atoms. The van der Waals surface area contributed by atoms with Gasteiger partial charge in [-0.1, -0.05) is 5.16 Å². The molecule has 1 spiro atoms. The Labute approximate surface area is 138 Å². The van der Waals surface area contributed by atoms with Crippen LogP contribution in [0.25, 0.3) is 0 Å². The number of rotatable bonds is 5. The first-order valence-corrected chi connectivity index (χ1v) is 9.03. The molecule has 0 amide bonds. The molecule has 3 fully saturated rings. The van der Waals surface area contributed by atoms with Crippen LogP contribution in [0, 0.1) is 19.8 Å². The van der Waals surface area contributed by atoms with E-state index < -0.39 is 0 Å². The Morgan fingerprint density at radius 3 is 2.70 bits per heavy atom. The fraction of sp³-hybridized carbons (Fsp3) is 0.833. The van der Waals surface area contributed by atoms with Crippen LogP contribution in [0.15, 0.2) is 4.52 Å². The van der Waals surface area contributed by atoms with Crippen LogP contribution in [-0.4, -0.2) is 48.1 Å². The summed E-state index contributed by atoms with van der Waals surface area (Å²) in [5.74, 6) is 1.79. The van der Waals surface area contributed by atoms with E-state index in [1.54, 1.807) is 0 Å². The van der Waals surface area contributed by atoms with Crippen molar-refractivity contribution < 1.29 is 14.0 Å². The van der Waals surface area contributed by atoms with Crippen LogP contribution in [0.1, 0.15) is 49.1 Å². The van der Waals surface area contributed by atoms with E-state index >= 15 is 0 Å². The number of nitrogens with zero attached hydrogens (tertiary/aromatic N) is 2. The molecular formula is C18H28N2O3. The van der Waals surface area contributed by atoms with Crippen molar-refractivity contribution in [2.24, 2.45) is 5.92 Å². The molecule has 0 N–H and O–H groups in total. The van der Waals surface area contributed by atoms with Crippen LogP contribution in [0.5, 0.6) is 0 Å². The monoisotopic (exact) mass is 320 g/mol. The maximum Gasteiger partial charge on any atom is 0.138 e. The lowest BCUT2D eigenvalue weighted by Gasteiger charge is -2.38. The minimum absolute atomic E-state index is 0.0729. The zero-order chi connectivity index (χ0) is 15.9. The van der Waals surface area contributed by atoms with Gasteiger partial charge in [0.2, 0.25) is 0 Å². The average Bonchev–Trinajstić information content (AvgIpc) is 3.24. The molecule has 1 aromatic rings. The first kappa shape index (κ1) is 15.6. The highest BCUT2D eigenvalue weighted by Crippen LogP contribution is 2.38. The standard InChI is InChI=1S/C18H28N2O3/c1-13-17(14(2)23-19-13)10-20-7-5-18(6-8-20)9-16(12-22-18)21-11-15-3-4-15/h15-16H,3-12H2,1-2H3/t16-/m1/s1. The summed E-state index contributed by atoms with van der Waals surface area (Å²) in [7, 11) is 0. The maximum absolute atomic E-state index is 6.20. The number of ether oxygens (including phenoxy) is 2. The molecule has 1 aromatic heterocycles. The quantitative estimate of drug-likeness (QED) is 0.835. The van der Waals surface area contributed by atoms with Crippen molar-refractivity contribution in [1.29, 1.82) is 0 Å². The summed E-state index contributed by atoms with van der Waals surface area (Å²) in [5.41, 5.74) is 2.34. The zero-order valence-electron chi connectivity index (χ0n) is 14.3. The molecule has 4 rings (SSSR count). The summed E-state index contributed by atoms with van der Waals surface area (Å²) >= 11 is 0. The summed E-state index contributed by atoms with van der Waals surface area (Å²) in [6.07, 6.45) is 6.34. The Kier molecular flexibility index (Phi) is 4.20. The highest BCUT2D eigenvalue weighted by atomic mass is 16.6. The molecule has 3 aliphatic rings. The summed E-state index contributed by atoms with van der Waals surface area (Å²) < 4.78 is 17.5. The molecule has 3 heterocycles. The van der Waals surface area contributed by atoms with Gasteiger partial charge in [0.1, 0.15) is 5.76 Å². The van der Waals surface area contributed by atoms with Crippen molar-refractivity contribution in [3.8, 4) is 0 Å². The van der Waals surface area contributed by atoms with E-state index in [-0.39, 0.29) is 5.60 Å². The Hall–Kier alpha value is -0.910. The van der Waals surface area contributed by atoms with Gasteiger partial charge in [-0.25, -0.2) is 0 Å². The molecule has 1 aliphatic carbocycles. The van der Waals surface area contributed by atoms with Gasteiger partial charge in [-0.05, 0) is 45.4 Å². The molecule has 1 atom stereocenters. The number of aromatic nitrogens is 1. The lowest BCUT2D eigenvalue weighted by atomic mass is 9.87. The van der Waals surface area contributed by atoms with Crippen LogP contribution in [0.4, 0.5) is 0 Å². The lowest BCUT2D eigenvalue weighted by Crippen LogP contribution is -2.44. The van der Waals surface area contributed by atoms with Gasteiger partial charge in [0.05, 0.1) is 24.0 Å². The van der Waals surface area contributed by atoms with E-state index in [2.05, 4.69) is 10.1 Å². The third-order valence-electron chi connectivity index (χ3n) is 5.77. The molecule has 1 saturated carbocycles. The van der Waals surface area contributed by atoms with Crippen LogP contribution >= 0.6 is 0 Å². The normalized spacial score (nSPS) is 27.8.